The lowest BCUT2D eigenvalue weighted by molar-refractivity contribution is -0.384. The summed E-state index contributed by atoms with van der Waals surface area (Å²) in [7, 11) is 5.91. The Morgan fingerprint density at radius 3 is 2.86 bits per heavy atom. The largest absolute Gasteiger partial charge is 0.444 e. The molecule has 1 aromatic carbocycles. The number of carbonyl (C=O) groups is 1. The molecule has 1 atom stereocenters. The van der Waals surface area contributed by atoms with E-state index < -0.39 is 16.6 Å². The molecule has 0 bridgehead atoms. The van der Waals surface area contributed by atoms with Gasteiger partial charge in [0.15, 0.2) is 0 Å². The molecule has 146 valence electrons. The molecule has 9 heteroatoms. The third-order valence-corrected chi connectivity index (χ3v) is 4.50. The molecule has 2 aromatic rings. The van der Waals surface area contributed by atoms with Crippen molar-refractivity contribution in [2.75, 3.05) is 18.0 Å². The Kier molecular flexibility index (Phi) is 5.44. The van der Waals surface area contributed by atoms with Gasteiger partial charge in [0.25, 0.3) is 0 Å². The van der Waals surface area contributed by atoms with Crippen molar-refractivity contribution in [2.24, 2.45) is 0 Å². The molecule has 0 unspecified atom stereocenters. The number of rotatable bonds is 3. The average molecular weight is 382 g/mol. The van der Waals surface area contributed by atoms with Gasteiger partial charge in [-0.05, 0) is 39.7 Å². The van der Waals surface area contributed by atoms with Crippen LogP contribution in [0.4, 0.5) is 16.2 Å². The van der Waals surface area contributed by atoms with Crippen LogP contribution in [-0.2, 0) is 4.74 Å². The molecular formula is C19H23BN4O4. The number of nitrogens with one attached hydrogen (secondary N) is 1. The number of aromatic nitrogens is 1. The smallest absolute Gasteiger partial charge is 0.407 e. The van der Waals surface area contributed by atoms with Crippen molar-refractivity contribution in [1.82, 2.24) is 10.3 Å². The van der Waals surface area contributed by atoms with E-state index in [-0.39, 0.29) is 11.7 Å². The summed E-state index contributed by atoms with van der Waals surface area (Å²) in [6, 6.07) is 4.99. The van der Waals surface area contributed by atoms with Crippen molar-refractivity contribution in [2.45, 2.75) is 45.3 Å². The standard InChI is InChI=1S/C19H23BN4O4/c1-19(2,3)28-18(25)22-13-5-4-8-23(11-13)17-14-9-12(20)6-7-15(14)21-10-16(17)24(26)27/h6-7,9-10,13H,4-5,8,11H2,1-3H3,(H,22,25)/t13-/m0/s1. The maximum absolute atomic E-state index is 12.1. The first-order valence-corrected chi connectivity index (χ1v) is 9.21. The molecule has 1 aromatic heterocycles. The summed E-state index contributed by atoms with van der Waals surface area (Å²) in [5.74, 6) is 0. The van der Waals surface area contributed by atoms with E-state index in [1.165, 1.54) is 6.20 Å². The van der Waals surface area contributed by atoms with Crippen LogP contribution in [0.15, 0.2) is 24.4 Å². The van der Waals surface area contributed by atoms with Crippen LogP contribution in [-0.4, -0.2) is 48.6 Å². The van der Waals surface area contributed by atoms with Gasteiger partial charge in [-0.15, -0.1) is 0 Å². The monoisotopic (exact) mass is 382 g/mol. The lowest BCUT2D eigenvalue weighted by Gasteiger charge is -2.35. The first-order chi connectivity index (χ1) is 13.1. The van der Waals surface area contributed by atoms with Crippen molar-refractivity contribution >= 4 is 41.7 Å². The van der Waals surface area contributed by atoms with Gasteiger partial charge in [-0.25, -0.2) is 9.78 Å². The van der Waals surface area contributed by atoms with Gasteiger partial charge >= 0.3 is 11.8 Å². The van der Waals surface area contributed by atoms with Gasteiger partial charge in [0.1, 0.15) is 25.3 Å². The average Bonchev–Trinajstić information content (AvgIpc) is 2.59. The zero-order valence-electron chi connectivity index (χ0n) is 16.3. The summed E-state index contributed by atoms with van der Waals surface area (Å²) < 4.78 is 5.33. The van der Waals surface area contributed by atoms with Gasteiger partial charge < -0.3 is 15.0 Å². The van der Waals surface area contributed by atoms with Gasteiger partial charge in [0, 0.05) is 24.5 Å². The number of fused-ring (bicyclic) bond motifs is 1. The van der Waals surface area contributed by atoms with E-state index in [1.54, 1.807) is 39.0 Å². The number of ether oxygens (including phenoxy) is 1. The highest BCUT2D eigenvalue weighted by Crippen LogP contribution is 2.36. The topological polar surface area (TPSA) is 97.6 Å². The number of benzene rings is 1. The molecule has 28 heavy (non-hydrogen) atoms. The molecule has 1 aliphatic rings. The van der Waals surface area contributed by atoms with Crippen molar-refractivity contribution in [3.05, 3.63) is 34.5 Å². The number of anilines is 1. The quantitative estimate of drug-likeness (QED) is 0.498. The molecule has 1 N–H and O–H groups in total. The van der Waals surface area contributed by atoms with Crippen molar-refractivity contribution in [3.8, 4) is 0 Å². The lowest BCUT2D eigenvalue weighted by atomic mass is 9.93. The molecule has 1 amide bonds. The Bertz CT molecular complexity index is 913. The second kappa shape index (κ2) is 7.65. The van der Waals surface area contributed by atoms with E-state index in [1.807, 2.05) is 4.90 Å². The summed E-state index contributed by atoms with van der Waals surface area (Å²) in [4.78, 5) is 29.4. The van der Waals surface area contributed by atoms with E-state index in [2.05, 4.69) is 10.3 Å². The molecular weight excluding hydrogens is 359 g/mol. The number of pyridine rings is 1. The third kappa shape index (κ3) is 4.52. The highest BCUT2D eigenvalue weighted by molar-refractivity contribution is 6.33. The molecule has 1 saturated heterocycles. The maximum atomic E-state index is 12.1. The van der Waals surface area contributed by atoms with E-state index in [9.17, 15) is 14.9 Å². The highest BCUT2D eigenvalue weighted by atomic mass is 16.6. The minimum atomic E-state index is -0.587. The van der Waals surface area contributed by atoms with Gasteiger partial charge in [-0.2, -0.15) is 0 Å². The molecule has 3 rings (SSSR count). The zero-order valence-corrected chi connectivity index (χ0v) is 16.3. The lowest BCUT2D eigenvalue weighted by Crippen LogP contribution is -2.49. The number of amides is 1. The zero-order chi connectivity index (χ0) is 20.5. The Labute approximate surface area is 164 Å². The minimum Gasteiger partial charge on any atom is -0.444 e. The van der Waals surface area contributed by atoms with E-state index in [4.69, 9.17) is 12.6 Å². The predicted molar refractivity (Wildman–Crippen MR) is 108 cm³/mol. The van der Waals surface area contributed by atoms with Crippen molar-refractivity contribution in [3.63, 3.8) is 0 Å². The van der Waals surface area contributed by atoms with E-state index in [0.29, 0.717) is 35.1 Å². The summed E-state index contributed by atoms with van der Waals surface area (Å²) in [5.41, 5.74) is 0.971. The summed E-state index contributed by atoms with van der Waals surface area (Å²) in [6.45, 7) is 6.49. The van der Waals surface area contributed by atoms with Gasteiger partial charge in [-0.3, -0.25) is 10.1 Å². The number of nitrogens with zero attached hydrogens (tertiary/aromatic N) is 3. The van der Waals surface area contributed by atoms with Gasteiger partial charge in [-0.1, -0.05) is 17.6 Å². The SMILES string of the molecule is [B]c1ccc2ncc([N+](=O)[O-])c(N3CCC[C@H](NC(=O)OC(C)(C)C)C3)c2c1. The number of carbonyl (C=O) groups excluding carboxylic acids is 1. The fraction of sp³-hybridized carbons (Fsp3) is 0.474. The van der Waals surface area contributed by atoms with Crippen molar-refractivity contribution in [1.29, 1.82) is 0 Å². The van der Waals surface area contributed by atoms with Crippen LogP contribution in [0.25, 0.3) is 10.9 Å². The van der Waals surface area contributed by atoms with Crippen LogP contribution in [0.3, 0.4) is 0 Å². The second-order valence-electron chi connectivity index (χ2n) is 7.96. The fourth-order valence-electron chi connectivity index (χ4n) is 3.42. The van der Waals surface area contributed by atoms with E-state index >= 15 is 0 Å². The normalized spacial score (nSPS) is 17.4. The predicted octanol–water partition coefficient (Wildman–Crippen LogP) is 2.43. The summed E-state index contributed by atoms with van der Waals surface area (Å²) in [6.07, 6.45) is 2.34. The Hall–Kier alpha value is -2.84. The van der Waals surface area contributed by atoms with Crippen molar-refractivity contribution < 1.29 is 14.5 Å². The van der Waals surface area contributed by atoms with Gasteiger partial charge in [0.2, 0.25) is 0 Å². The number of piperidine rings is 1. The highest BCUT2D eigenvalue weighted by Gasteiger charge is 2.29. The van der Waals surface area contributed by atoms with Gasteiger partial charge in [0.05, 0.1) is 10.4 Å². The molecule has 2 heterocycles. The summed E-state index contributed by atoms with van der Waals surface area (Å²) >= 11 is 0. The van der Waals surface area contributed by atoms with Crippen LogP contribution in [0.1, 0.15) is 33.6 Å². The van der Waals surface area contributed by atoms with Crippen LogP contribution >= 0.6 is 0 Å². The molecule has 0 aliphatic carbocycles. The Balaban J connectivity index is 1.91. The number of nitro groups is 1. The second-order valence-corrected chi connectivity index (χ2v) is 7.96. The number of hydrogen-bond donors (Lipinski definition) is 1. The number of alkyl carbamates (subject to hydrolysis) is 1. The summed E-state index contributed by atoms with van der Waals surface area (Å²) in [5, 5.41) is 15.1. The van der Waals surface area contributed by atoms with Crippen LogP contribution in [0, 0.1) is 10.1 Å². The number of hydrogen-bond acceptors (Lipinski definition) is 6. The third-order valence-electron chi connectivity index (χ3n) is 4.50. The Morgan fingerprint density at radius 1 is 1.43 bits per heavy atom. The molecule has 0 saturated carbocycles. The Morgan fingerprint density at radius 2 is 2.18 bits per heavy atom. The molecule has 8 nitrogen and oxygen atoms in total. The minimum absolute atomic E-state index is 0.0731. The molecule has 1 fully saturated rings. The maximum Gasteiger partial charge on any atom is 0.407 e. The van der Waals surface area contributed by atoms with Crippen LogP contribution in [0.2, 0.25) is 0 Å². The van der Waals surface area contributed by atoms with Crippen LogP contribution in [0.5, 0.6) is 0 Å². The van der Waals surface area contributed by atoms with Crippen LogP contribution < -0.4 is 15.7 Å². The molecule has 1 aliphatic heterocycles. The molecule has 2 radical (unpaired) electrons. The fourth-order valence-corrected chi connectivity index (χ4v) is 3.42. The first-order valence-electron chi connectivity index (χ1n) is 9.21. The van der Waals surface area contributed by atoms with E-state index in [0.717, 1.165) is 12.8 Å². The molecule has 0 spiro atoms. The first kappa shape index (κ1) is 19.9.